The second-order valence-corrected chi connectivity index (χ2v) is 6.84. The zero-order valence-electron chi connectivity index (χ0n) is 11.8. The van der Waals surface area contributed by atoms with Gasteiger partial charge in [0, 0.05) is 35.8 Å². The maximum Gasteiger partial charge on any atom is 0.317 e. The SMILES string of the molecule is CC(C)(CNC(=O)N1CC(CC(=O)O)C1)c1cccs1. The first kappa shape index (κ1) is 14.8. The highest BCUT2D eigenvalue weighted by Crippen LogP contribution is 2.27. The van der Waals surface area contributed by atoms with E-state index in [4.69, 9.17) is 5.11 Å². The van der Waals surface area contributed by atoms with E-state index < -0.39 is 5.97 Å². The maximum absolute atomic E-state index is 11.9. The Labute approximate surface area is 122 Å². The van der Waals surface area contributed by atoms with Crippen LogP contribution in [-0.2, 0) is 10.2 Å². The van der Waals surface area contributed by atoms with Gasteiger partial charge in [0.1, 0.15) is 0 Å². The lowest BCUT2D eigenvalue weighted by Crippen LogP contribution is -2.55. The van der Waals surface area contributed by atoms with Gasteiger partial charge in [-0.05, 0) is 11.4 Å². The number of likely N-dealkylation sites (tertiary alicyclic amines) is 1. The van der Waals surface area contributed by atoms with Gasteiger partial charge in [-0.25, -0.2) is 4.79 Å². The van der Waals surface area contributed by atoms with E-state index in [2.05, 4.69) is 25.2 Å². The van der Waals surface area contributed by atoms with Crippen LogP contribution in [0.2, 0.25) is 0 Å². The van der Waals surface area contributed by atoms with Crippen LogP contribution in [0.1, 0.15) is 25.1 Å². The van der Waals surface area contributed by atoms with Crippen LogP contribution in [0.25, 0.3) is 0 Å². The summed E-state index contributed by atoms with van der Waals surface area (Å²) in [4.78, 5) is 25.4. The van der Waals surface area contributed by atoms with Crippen molar-refractivity contribution in [3.05, 3.63) is 22.4 Å². The van der Waals surface area contributed by atoms with E-state index in [1.54, 1.807) is 16.2 Å². The summed E-state index contributed by atoms with van der Waals surface area (Å²) in [5.74, 6) is -0.697. The van der Waals surface area contributed by atoms with Gasteiger partial charge >= 0.3 is 12.0 Å². The molecule has 1 aliphatic heterocycles. The molecule has 2 N–H and O–H groups in total. The van der Waals surface area contributed by atoms with Crippen molar-refractivity contribution in [1.82, 2.24) is 10.2 Å². The lowest BCUT2D eigenvalue weighted by Gasteiger charge is -2.39. The van der Waals surface area contributed by atoms with Crippen molar-refractivity contribution in [3.63, 3.8) is 0 Å². The number of carbonyl (C=O) groups excluding carboxylic acids is 1. The smallest absolute Gasteiger partial charge is 0.317 e. The lowest BCUT2D eigenvalue weighted by molar-refractivity contribution is -0.139. The molecule has 0 saturated carbocycles. The maximum atomic E-state index is 11.9. The number of hydrogen-bond acceptors (Lipinski definition) is 3. The number of aliphatic carboxylic acids is 1. The van der Waals surface area contributed by atoms with E-state index in [9.17, 15) is 9.59 Å². The fourth-order valence-electron chi connectivity index (χ4n) is 2.27. The van der Waals surface area contributed by atoms with E-state index in [0.717, 1.165) is 0 Å². The number of carboxylic acids is 1. The van der Waals surface area contributed by atoms with Gasteiger partial charge in [-0.3, -0.25) is 4.79 Å². The van der Waals surface area contributed by atoms with Crippen molar-refractivity contribution in [1.29, 1.82) is 0 Å². The Balaban J connectivity index is 1.75. The standard InChI is InChI=1S/C14H20N2O3S/c1-14(2,11-4-3-5-20-11)9-15-13(19)16-7-10(8-16)6-12(17)18/h3-5,10H,6-9H2,1-2H3,(H,15,19)(H,17,18). The monoisotopic (exact) mass is 296 g/mol. The molecule has 2 amide bonds. The fraction of sp³-hybridized carbons (Fsp3) is 0.571. The summed E-state index contributed by atoms with van der Waals surface area (Å²) in [5, 5.41) is 13.6. The molecule has 0 aromatic carbocycles. The Kier molecular flexibility index (Phi) is 4.32. The third kappa shape index (κ3) is 3.50. The predicted molar refractivity (Wildman–Crippen MR) is 78.1 cm³/mol. The molecule has 2 heterocycles. The number of thiophene rings is 1. The number of nitrogens with zero attached hydrogens (tertiary/aromatic N) is 1. The molecule has 110 valence electrons. The average Bonchev–Trinajstić information content (AvgIpc) is 2.84. The summed E-state index contributed by atoms with van der Waals surface area (Å²) in [5.41, 5.74) is -0.0881. The highest BCUT2D eigenvalue weighted by Gasteiger charge is 2.33. The van der Waals surface area contributed by atoms with Gasteiger partial charge in [0.25, 0.3) is 0 Å². The van der Waals surface area contributed by atoms with Gasteiger partial charge < -0.3 is 15.3 Å². The second kappa shape index (κ2) is 5.83. The Morgan fingerprint density at radius 3 is 2.75 bits per heavy atom. The Morgan fingerprint density at radius 1 is 1.50 bits per heavy atom. The van der Waals surface area contributed by atoms with Crippen molar-refractivity contribution in [3.8, 4) is 0 Å². The normalized spacial score (nSPS) is 15.8. The number of carboxylic acid groups (broad SMARTS) is 1. The topological polar surface area (TPSA) is 69.6 Å². The van der Waals surface area contributed by atoms with Crippen LogP contribution in [-0.4, -0.2) is 41.6 Å². The first-order valence-electron chi connectivity index (χ1n) is 6.67. The third-order valence-electron chi connectivity index (χ3n) is 3.58. The largest absolute Gasteiger partial charge is 0.481 e. The third-order valence-corrected chi connectivity index (χ3v) is 4.81. The molecule has 0 spiro atoms. The Bertz CT molecular complexity index is 479. The minimum atomic E-state index is -0.797. The van der Waals surface area contributed by atoms with Gasteiger partial charge in [-0.1, -0.05) is 19.9 Å². The highest BCUT2D eigenvalue weighted by molar-refractivity contribution is 7.10. The number of amides is 2. The molecule has 0 radical (unpaired) electrons. The second-order valence-electron chi connectivity index (χ2n) is 5.89. The molecule has 20 heavy (non-hydrogen) atoms. The van der Waals surface area contributed by atoms with Gasteiger partial charge in [-0.2, -0.15) is 0 Å². The molecule has 1 aromatic heterocycles. The number of rotatable bonds is 5. The molecule has 1 saturated heterocycles. The quantitative estimate of drug-likeness (QED) is 0.874. The summed E-state index contributed by atoms with van der Waals surface area (Å²) >= 11 is 1.69. The average molecular weight is 296 g/mol. The van der Waals surface area contributed by atoms with Crippen molar-refractivity contribution < 1.29 is 14.7 Å². The van der Waals surface area contributed by atoms with Crippen molar-refractivity contribution in [2.75, 3.05) is 19.6 Å². The van der Waals surface area contributed by atoms with E-state index in [0.29, 0.717) is 19.6 Å². The summed E-state index contributed by atoms with van der Waals surface area (Å²) < 4.78 is 0. The molecular weight excluding hydrogens is 276 g/mol. The van der Waals surface area contributed by atoms with Crippen LogP contribution in [0.15, 0.2) is 17.5 Å². The first-order valence-corrected chi connectivity index (χ1v) is 7.55. The highest BCUT2D eigenvalue weighted by atomic mass is 32.1. The van der Waals surface area contributed by atoms with Crippen LogP contribution >= 0.6 is 11.3 Å². The number of hydrogen-bond donors (Lipinski definition) is 2. The Hall–Kier alpha value is -1.56. The van der Waals surface area contributed by atoms with E-state index in [1.165, 1.54) is 4.88 Å². The minimum absolute atomic E-state index is 0.0881. The molecule has 0 unspecified atom stereocenters. The molecule has 1 fully saturated rings. The van der Waals surface area contributed by atoms with Crippen LogP contribution in [0.5, 0.6) is 0 Å². The molecule has 6 heteroatoms. The number of carbonyl (C=O) groups is 2. The molecule has 0 atom stereocenters. The zero-order valence-corrected chi connectivity index (χ0v) is 12.6. The van der Waals surface area contributed by atoms with Gasteiger partial charge in [0.15, 0.2) is 0 Å². The summed E-state index contributed by atoms with van der Waals surface area (Å²) in [7, 11) is 0. The van der Waals surface area contributed by atoms with Gasteiger partial charge in [-0.15, -0.1) is 11.3 Å². The Morgan fingerprint density at radius 2 is 2.20 bits per heavy atom. The predicted octanol–water partition coefficient (Wildman–Crippen LogP) is 2.14. The summed E-state index contributed by atoms with van der Waals surface area (Å²) in [6.07, 6.45) is 0.143. The molecule has 1 aliphatic rings. The van der Waals surface area contributed by atoms with Crippen LogP contribution in [0.4, 0.5) is 4.79 Å². The molecular formula is C14H20N2O3S. The van der Waals surface area contributed by atoms with Crippen molar-refractivity contribution >= 4 is 23.3 Å². The van der Waals surface area contributed by atoms with E-state index in [-0.39, 0.29) is 23.8 Å². The molecule has 0 aliphatic carbocycles. The van der Waals surface area contributed by atoms with E-state index >= 15 is 0 Å². The van der Waals surface area contributed by atoms with Crippen LogP contribution in [0, 0.1) is 5.92 Å². The molecule has 0 bridgehead atoms. The van der Waals surface area contributed by atoms with Crippen LogP contribution < -0.4 is 5.32 Å². The van der Waals surface area contributed by atoms with Gasteiger partial charge in [0.2, 0.25) is 0 Å². The molecule has 5 nitrogen and oxygen atoms in total. The summed E-state index contributed by atoms with van der Waals surface area (Å²) in [6, 6.07) is 3.98. The summed E-state index contributed by atoms with van der Waals surface area (Å²) in [6.45, 7) is 5.85. The zero-order chi connectivity index (χ0) is 14.8. The minimum Gasteiger partial charge on any atom is -0.481 e. The number of nitrogens with one attached hydrogen (secondary N) is 1. The van der Waals surface area contributed by atoms with Crippen molar-refractivity contribution in [2.24, 2.45) is 5.92 Å². The molecule has 2 rings (SSSR count). The lowest BCUT2D eigenvalue weighted by atomic mass is 9.91. The first-order chi connectivity index (χ1) is 9.38. The van der Waals surface area contributed by atoms with Gasteiger partial charge in [0.05, 0.1) is 6.42 Å². The molecule has 1 aromatic rings. The van der Waals surface area contributed by atoms with E-state index in [1.807, 2.05) is 11.4 Å². The fourth-order valence-corrected chi connectivity index (χ4v) is 3.12. The van der Waals surface area contributed by atoms with Crippen LogP contribution in [0.3, 0.4) is 0 Å². The number of urea groups is 1. The van der Waals surface area contributed by atoms with Crippen molar-refractivity contribution in [2.45, 2.75) is 25.7 Å².